The van der Waals surface area contributed by atoms with Crippen LogP contribution in [0.1, 0.15) is 30.1 Å². The van der Waals surface area contributed by atoms with E-state index >= 15 is 0 Å². The van der Waals surface area contributed by atoms with Crippen molar-refractivity contribution in [2.45, 2.75) is 25.7 Å². The van der Waals surface area contributed by atoms with Gasteiger partial charge in [-0.3, -0.25) is 4.40 Å². The predicted octanol–water partition coefficient (Wildman–Crippen LogP) is 5.36. The first-order valence-corrected chi connectivity index (χ1v) is 12.1. The largest absolute Gasteiger partial charge is 0.382 e. The maximum atomic E-state index is 6.42. The first kappa shape index (κ1) is 25.0. The number of imidazole rings is 1. The first-order valence-electron chi connectivity index (χ1n) is 12.1. The molecule has 179 valence electrons. The van der Waals surface area contributed by atoms with Crippen molar-refractivity contribution in [2.75, 3.05) is 26.4 Å². The summed E-state index contributed by atoms with van der Waals surface area (Å²) in [5.74, 6) is 2.72. The van der Waals surface area contributed by atoms with Crippen LogP contribution in [0.5, 0.6) is 0 Å². The van der Waals surface area contributed by atoms with Crippen molar-refractivity contribution in [1.29, 1.82) is 0 Å². The van der Waals surface area contributed by atoms with Gasteiger partial charge in [0.15, 0.2) is 0 Å². The molecule has 0 saturated heterocycles. The Morgan fingerprint density at radius 2 is 1.86 bits per heavy atom. The summed E-state index contributed by atoms with van der Waals surface area (Å²) in [5, 5.41) is 0.992. The van der Waals surface area contributed by atoms with Crippen molar-refractivity contribution in [3.63, 3.8) is 0 Å². The molecule has 0 unspecified atom stereocenters. The molecule has 1 aliphatic carbocycles. The maximum Gasteiger partial charge on any atom is 0.150 e. The summed E-state index contributed by atoms with van der Waals surface area (Å²) in [7, 11) is 4.28. The monoisotopic (exact) mass is 550 g/mol. The fourth-order valence-electron chi connectivity index (χ4n) is 5.45. The quantitative estimate of drug-likeness (QED) is 0.299. The Morgan fingerprint density at radius 3 is 2.61 bits per heavy atom. The number of pyridine rings is 1. The summed E-state index contributed by atoms with van der Waals surface area (Å²) in [4.78, 5) is 16.9. The van der Waals surface area contributed by atoms with Gasteiger partial charge in [0.25, 0.3) is 0 Å². The number of aryl methyl sites for hydroxylation is 1. The van der Waals surface area contributed by atoms with E-state index in [-0.39, 0.29) is 32.7 Å². The second-order valence-corrected chi connectivity index (χ2v) is 9.93. The summed E-state index contributed by atoms with van der Waals surface area (Å²) >= 11 is 0. The van der Waals surface area contributed by atoms with E-state index in [4.69, 9.17) is 15.7 Å². The number of hydrogen-bond acceptors (Lipinski definition) is 5. The van der Waals surface area contributed by atoms with Crippen molar-refractivity contribution in [2.24, 2.45) is 5.92 Å². The molecule has 1 saturated carbocycles. The number of aromatic nitrogens is 4. The molecule has 1 aliphatic rings. The normalized spacial score (nSPS) is 17.3. The van der Waals surface area contributed by atoms with Crippen LogP contribution in [0, 0.1) is 18.9 Å². The summed E-state index contributed by atoms with van der Waals surface area (Å²) in [5.41, 5.74) is 13.2. The van der Waals surface area contributed by atoms with Crippen molar-refractivity contribution in [1.82, 2.24) is 24.3 Å². The van der Waals surface area contributed by atoms with E-state index in [9.17, 15) is 0 Å². The number of nitrogens with zero attached hydrogens (tertiary/aromatic N) is 5. The molecule has 5 aromatic rings. The van der Waals surface area contributed by atoms with E-state index in [0.29, 0.717) is 17.7 Å². The van der Waals surface area contributed by atoms with E-state index in [1.54, 1.807) is 6.20 Å². The molecule has 1 fully saturated rings. The van der Waals surface area contributed by atoms with Gasteiger partial charge >= 0.3 is 0 Å². The van der Waals surface area contributed by atoms with Crippen LogP contribution < -0.4 is 5.73 Å². The Kier molecular flexibility index (Phi) is 6.95. The Balaban J connectivity index is 0.00000267. The molecule has 6 nitrogen and oxygen atoms in total. The van der Waals surface area contributed by atoms with Crippen LogP contribution in [0.3, 0.4) is 0 Å². The number of rotatable bonds is 5. The molecule has 2 aromatic carbocycles. The average molecular weight is 550 g/mol. The maximum absolute atomic E-state index is 6.42. The SMILES string of the molecule is Cc1c(-c2nc(C3CC(CN(C)C)C3)n3ccnc(N)c23)ccc2[c-]cc(-c3ccccc3)nc12.[Y]. The molecule has 0 amide bonds. The van der Waals surface area contributed by atoms with Crippen molar-refractivity contribution < 1.29 is 32.7 Å². The van der Waals surface area contributed by atoms with Gasteiger partial charge in [-0.25, -0.2) is 9.97 Å². The van der Waals surface area contributed by atoms with Crippen molar-refractivity contribution >= 4 is 22.2 Å². The average Bonchev–Trinajstić information content (AvgIpc) is 3.22. The minimum Gasteiger partial charge on any atom is -0.382 e. The molecular weight excluding hydrogens is 521 g/mol. The Bertz CT molecular complexity index is 1540. The molecule has 3 aromatic heterocycles. The Labute approximate surface area is 236 Å². The van der Waals surface area contributed by atoms with Gasteiger partial charge in [0.2, 0.25) is 0 Å². The fourth-order valence-corrected chi connectivity index (χ4v) is 5.45. The van der Waals surface area contributed by atoms with Gasteiger partial charge < -0.3 is 15.6 Å². The van der Waals surface area contributed by atoms with E-state index in [1.807, 2.05) is 30.5 Å². The second-order valence-electron chi connectivity index (χ2n) is 9.93. The zero-order valence-corrected chi connectivity index (χ0v) is 23.8. The number of hydrogen-bond donors (Lipinski definition) is 1. The Hall–Kier alpha value is -2.67. The summed E-state index contributed by atoms with van der Waals surface area (Å²) in [6.45, 7) is 3.23. The molecule has 7 heteroatoms. The van der Waals surface area contributed by atoms with Gasteiger partial charge in [0.1, 0.15) is 17.2 Å². The third kappa shape index (κ3) is 4.36. The molecule has 3 heterocycles. The molecule has 0 atom stereocenters. The van der Waals surface area contributed by atoms with E-state index in [2.05, 4.69) is 65.6 Å². The predicted molar refractivity (Wildman–Crippen MR) is 141 cm³/mol. The molecule has 0 bridgehead atoms. The fraction of sp³-hybridized carbons (Fsp3) is 0.276. The van der Waals surface area contributed by atoms with E-state index < -0.39 is 0 Å². The molecule has 0 spiro atoms. The van der Waals surface area contributed by atoms with Gasteiger partial charge in [-0.05, 0) is 62.1 Å². The minimum absolute atomic E-state index is 0. The van der Waals surface area contributed by atoms with Crippen molar-refractivity contribution in [3.05, 3.63) is 78.4 Å². The van der Waals surface area contributed by atoms with E-state index in [0.717, 1.165) is 69.7 Å². The summed E-state index contributed by atoms with van der Waals surface area (Å²) in [6.07, 6.45) is 6.05. The number of benzene rings is 2. The van der Waals surface area contributed by atoms with E-state index in [1.165, 1.54) is 0 Å². The smallest absolute Gasteiger partial charge is 0.150 e. The number of fused-ring (bicyclic) bond motifs is 2. The molecule has 2 N–H and O–H groups in total. The van der Waals surface area contributed by atoms with Crippen LogP contribution in [0.25, 0.3) is 38.9 Å². The van der Waals surface area contributed by atoms with Crippen LogP contribution in [-0.4, -0.2) is 44.9 Å². The molecule has 1 radical (unpaired) electrons. The first-order chi connectivity index (χ1) is 17.0. The van der Waals surface area contributed by atoms with Gasteiger partial charge in [-0.2, -0.15) is 0 Å². The molecule has 36 heavy (non-hydrogen) atoms. The second kappa shape index (κ2) is 10.0. The van der Waals surface area contributed by atoms with Gasteiger partial charge in [0.05, 0.1) is 5.69 Å². The number of anilines is 1. The third-order valence-corrected chi connectivity index (χ3v) is 7.19. The van der Waals surface area contributed by atoms with Crippen LogP contribution in [-0.2, 0) is 32.7 Å². The van der Waals surface area contributed by atoms with Crippen LogP contribution in [0.4, 0.5) is 5.82 Å². The standard InChI is InChI=1S/C29H29N6.Y/c1-18-23(11-9-21-10-12-24(32-25(18)21)20-7-5-4-6-8-20)26-27-28(30)31-13-14-35(27)29(33-26)22-15-19(16-22)17-34(2)3;/h4-9,11-14,19,22H,15-17H2,1-3H3,(H2,30,31);/q-1;. The number of nitrogen functional groups attached to an aromatic ring is 1. The summed E-state index contributed by atoms with van der Waals surface area (Å²) in [6, 6.07) is 19.8. The molecular formula is C29H29N6Y-. The topological polar surface area (TPSA) is 72.3 Å². The minimum atomic E-state index is 0. The number of nitrogens with two attached hydrogens (primary N) is 1. The van der Waals surface area contributed by atoms with Crippen molar-refractivity contribution in [3.8, 4) is 22.5 Å². The van der Waals surface area contributed by atoms with Crippen LogP contribution >= 0.6 is 0 Å². The van der Waals surface area contributed by atoms with Crippen LogP contribution in [0.15, 0.2) is 60.9 Å². The zero-order chi connectivity index (χ0) is 24.1. The van der Waals surface area contributed by atoms with Crippen LogP contribution in [0.2, 0.25) is 0 Å². The third-order valence-electron chi connectivity index (χ3n) is 7.19. The van der Waals surface area contributed by atoms with Gasteiger partial charge in [-0.15, -0.1) is 23.6 Å². The zero-order valence-electron chi connectivity index (χ0n) is 20.9. The molecule has 0 aliphatic heterocycles. The van der Waals surface area contributed by atoms with Gasteiger partial charge in [-0.1, -0.05) is 42.0 Å². The van der Waals surface area contributed by atoms with Gasteiger partial charge in [0, 0.05) is 57.6 Å². The molecule has 6 rings (SSSR count). The summed E-state index contributed by atoms with van der Waals surface area (Å²) < 4.78 is 2.15. The Morgan fingerprint density at radius 1 is 1.08 bits per heavy atom.